The van der Waals surface area contributed by atoms with E-state index in [1.54, 1.807) is 0 Å². The van der Waals surface area contributed by atoms with Gasteiger partial charge in [0.2, 0.25) is 5.28 Å². The SMILES string of the molecule is CSCC(C)Cn1c(C)nnc1Cl. The molecule has 0 fully saturated rings. The van der Waals surface area contributed by atoms with Crippen LogP contribution in [0.25, 0.3) is 0 Å². The van der Waals surface area contributed by atoms with E-state index in [1.807, 2.05) is 23.3 Å². The average Bonchev–Trinajstić information content (AvgIpc) is 2.36. The number of halogens is 1. The van der Waals surface area contributed by atoms with Gasteiger partial charge in [-0.15, -0.1) is 10.2 Å². The van der Waals surface area contributed by atoms with Gasteiger partial charge in [0.25, 0.3) is 0 Å². The number of hydrogen-bond donors (Lipinski definition) is 0. The molecule has 0 spiro atoms. The first-order valence-corrected chi connectivity index (χ1v) is 5.96. The molecule has 3 nitrogen and oxygen atoms in total. The number of nitrogens with zero attached hydrogens (tertiary/aromatic N) is 3. The lowest BCUT2D eigenvalue weighted by atomic mass is 10.2. The van der Waals surface area contributed by atoms with E-state index in [4.69, 9.17) is 11.6 Å². The number of rotatable bonds is 4. The molecule has 0 bridgehead atoms. The second-order valence-electron chi connectivity index (χ2n) is 3.19. The van der Waals surface area contributed by atoms with Crippen molar-refractivity contribution in [2.75, 3.05) is 12.0 Å². The summed E-state index contributed by atoms with van der Waals surface area (Å²) < 4.78 is 1.95. The van der Waals surface area contributed by atoms with Gasteiger partial charge in [0, 0.05) is 6.54 Å². The van der Waals surface area contributed by atoms with E-state index in [9.17, 15) is 0 Å². The molecule has 1 atom stereocenters. The number of aromatic nitrogens is 3. The Hall–Kier alpha value is -0.220. The van der Waals surface area contributed by atoms with E-state index in [1.165, 1.54) is 0 Å². The first kappa shape index (κ1) is 10.9. The predicted molar refractivity (Wildman–Crippen MR) is 57.3 cm³/mol. The van der Waals surface area contributed by atoms with E-state index < -0.39 is 0 Å². The molecule has 0 saturated heterocycles. The van der Waals surface area contributed by atoms with Crippen molar-refractivity contribution >= 4 is 23.4 Å². The number of aryl methyl sites for hydroxylation is 1. The van der Waals surface area contributed by atoms with E-state index >= 15 is 0 Å². The highest BCUT2D eigenvalue weighted by atomic mass is 35.5. The fraction of sp³-hybridized carbons (Fsp3) is 0.750. The second kappa shape index (κ2) is 4.86. The summed E-state index contributed by atoms with van der Waals surface area (Å²) in [6.45, 7) is 5.02. The molecule has 0 amide bonds. The lowest BCUT2D eigenvalue weighted by Crippen LogP contribution is -2.11. The van der Waals surface area contributed by atoms with Gasteiger partial charge in [0.15, 0.2) is 0 Å². The van der Waals surface area contributed by atoms with Crippen LogP contribution in [0.1, 0.15) is 12.7 Å². The molecular weight excluding hydrogens is 206 g/mol. The summed E-state index contributed by atoms with van der Waals surface area (Å²) in [6, 6.07) is 0. The van der Waals surface area contributed by atoms with Crippen molar-refractivity contribution < 1.29 is 0 Å². The molecule has 74 valence electrons. The normalized spacial score (nSPS) is 13.2. The van der Waals surface area contributed by atoms with Crippen molar-refractivity contribution in [3.8, 4) is 0 Å². The van der Waals surface area contributed by atoms with Crippen LogP contribution in [-0.2, 0) is 6.54 Å². The molecule has 0 saturated carbocycles. The minimum atomic E-state index is 0.491. The molecular formula is C8H14ClN3S. The Bertz CT molecular complexity index is 255. The summed E-state index contributed by atoms with van der Waals surface area (Å²) in [5.41, 5.74) is 0. The number of hydrogen-bond acceptors (Lipinski definition) is 3. The summed E-state index contributed by atoms with van der Waals surface area (Å²) in [5, 5.41) is 8.20. The van der Waals surface area contributed by atoms with Gasteiger partial charge in [-0.25, -0.2) is 0 Å². The van der Waals surface area contributed by atoms with Gasteiger partial charge >= 0.3 is 0 Å². The fourth-order valence-corrected chi connectivity index (χ4v) is 2.11. The Morgan fingerprint density at radius 2 is 2.23 bits per heavy atom. The van der Waals surface area contributed by atoms with Crippen LogP contribution in [0.4, 0.5) is 0 Å². The molecule has 5 heteroatoms. The molecule has 0 radical (unpaired) electrons. The van der Waals surface area contributed by atoms with Crippen LogP contribution in [0.15, 0.2) is 0 Å². The minimum Gasteiger partial charge on any atom is -0.302 e. The zero-order valence-electron chi connectivity index (χ0n) is 8.12. The molecule has 0 N–H and O–H groups in total. The molecule has 0 aliphatic rings. The van der Waals surface area contributed by atoms with Crippen molar-refractivity contribution in [1.29, 1.82) is 0 Å². The highest BCUT2D eigenvalue weighted by Gasteiger charge is 2.09. The average molecular weight is 220 g/mol. The summed E-state index contributed by atoms with van der Waals surface area (Å²) in [5.74, 6) is 2.62. The van der Waals surface area contributed by atoms with Crippen molar-refractivity contribution in [2.45, 2.75) is 20.4 Å². The molecule has 13 heavy (non-hydrogen) atoms. The summed E-state index contributed by atoms with van der Waals surface area (Å²) >= 11 is 7.72. The van der Waals surface area contributed by atoms with E-state index in [-0.39, 0.29) is 0 Å². The smallest absolute Gasteiger partial charge is 0.225 e. The fourth-order valence-electron chi connectivity index (χ4n) is 1.21. The lowest BCUT2D eigenvalue weighted by molar-refractivity contribution is 0.521. The van der Waals surface area contributed by atoms with Gasteiger partial charge < -0.3 is 4.57 Å². The van der Waals surface area contributed by atoms with E-state index in [0.29, 0.717) is 11.2 Å². The van der Waals surface area contributed by atoms with Crippen molar-refractivity contribution in [1.82, 2.24) is 14.8 Å². The monoisotopic (exact) mass is 219 g/mol. The summed E-state index contributed by atoms with van der Waals surface area (Å²) in [7, 11) is 0. The Labute approximate surface area is 87.9 Å². The van der Waals surface area contributed by atoms with Gasteiger partial charge in [-0.1, -0.05) is 6.92 Å². The predicted octanol–water partition coefficient (Wildman–Crippen LogP) is 2.24. The third-order valence-corrected chi connectivity index (χ3v) is 3.02. The standard InChI is InChI=1S/C8H14ClN3S/c1-6(5-13-3)4-12-7(2)10-11-8(12)9/h6H,4-5H2,1-3H3. The zero-order valence-corrected chi connectivity index (χ0v) is 9.69. The minimum absolute atomic E-state index is 0.491. The Kier molecular flexibility index (Phi) is 4.06. The van der Waals surface area contributed by atoms with Crippen LogP contribution in [0.3, 0.4) is 0 Å². The van der Waals surface area contributed by atoms with Gasteiger partial charge in [0.1, 0.15) is 5.82 Å². The van der Waals surface area contributed by atoms with E-state index in [2.05, 4.69) is 23.4 Å². The number of thioether (sulfide) groups is 1. The highest BCUT2D eigenvalue weighted by Crippen LogP contribution is 2.13. The van der Waals surface area contributed by atoms with Crippen LogP contribution in [0.5, 0.6) is 0 Å². The van der Waals surface area contributed by atoms with Crippen LogP contribution in [-0.4, -0.2) is 26.8 Å². The van der Waals surface area contributed by atoms with Gasteiger partial charge in [-0.3, -0.25) is 0 Å². The lowest BCUT2D eigenvalue weighted by Gasteiger charge is -2.11. The van der Waals surface area contributed by atoms with Gasteiger partial charge in [-0.05, 0) is 36.5 Å². The molecule has 1 aromatic heterocycles. The van der Waals surface area contributed by atoms with Crippen LogP contribution < -0.4 is 0 Å². The van der Waals surface area contributed by atoms with Crippen LogP contribution in [0, 0.1) is 12.8 Å². The third-order valence-electron chi connectivity index (χ3n) is 1.84. The topological polar surface area (TPSA) is 30.7 Å². The maximum Gasteiger partial charge on any atom is 0.225 e. The summed E-state index contributed by atoms with van der Waals surface area (Å²) in [4.78, 5) is 0. The van der Waals surface area contributed by atoms with Crippen molar-refractivity contribution in [3.05, 3.63) is 11.1 Å². The Morgan fingerprint density at radius 1 is 1.54 bits per heavy atom. The quantitative estimate of drug-likeness (QED) is 0.778. The van der Waals surface area contributed by atoms with Crippen LogP contribution >= 0.6 is 23.4 Å². The molecule has 0 aliphatic carbocycles. The van der Waals surface area contributed by atoms with Crippen molar-refractivity contribution in [2.24, 2.45) is 5.92 Å². The Morgan fingerprint density at radius 3 is 2.69 bits per heavy atom. The first-order chi connectivity index (χ1) is 6.15. The maximum absolute atomic E-state index is 5.87. The molecule has 1 heterocycles. The largest absolute Gasteiger partial charge is 0.302 e. The first-order valence-electron chi connectivity index (χ1n) is 4.19. The van der Waals surface area contributed by atoms with Gasteiger partial charge in [0.05, 0.1) is 0 Å². The summed E-state index contributed by atoms with van der Waals surface area (Å²) in [6.07, 6.45) is 2.11. The molecule has 0 aromatic carbocycles. The molecule has 0 aliphatic heterocycles. The van der Waals surface area contributed by atoms with E-state index in [0.717, 1.165) is 18.1 Å². The molecule has 1 rings (SSSR count). The second-order valence-corrected chi connectivity index (χ2v) is 4.44. The Balaban J connectivity index is 2.62. The molecule has 1 unspecified atom stereocenters. The molecule has 1 aromatic rings. The van der Waals surface area contributed by atoms with Gasteiger partial charge in [-0.2, -0.15) is 11.8 Å². The van der Waals surface area contributed by atoms with Crippen molar-refractivity contribution in [3.63, 3.8) is 0 Å². The van der Waals surface area contributed by atoms with Crippen LogP contribution in [0.2, 0.25) is 5.28 Å². The highest BCUT2D eigenvalue weighted by molar-refractivity contribution is 7.98. The third kappa shape index (κ3) is 2.88. The maximum atomic E-state index is 5.87. The zero-order chi connectivity index (χ0) is 9.84.